The number of anilines is 1. The van der Waals surface area contributed by atoms with Crippen molar-refractivity contribution in [1.29, 1.82) is 0 Å². The molecule has 0 saturated carbocycles. The van der Waals surface area contributed by atoms with Crippen molar-refractivity contribution in [3.8, 4) is 11.5 Å². The topological polar surface area (TPSA) is 73.9 Å². The molecule has 0 bridgehead atoms. The number of carbonyl (C=O) groups excluding carboxylic acids is 2. The molecule has 2 aromatic rings. The quantitative estimate of drug-likeness (QED) is 0.759. The van der Waals surface area contributed by atoms with E-state index in [4.69, 9.17) is 14.2 Å². The number of hydrogen-bond acceptors (Lipinski definition) is 5. The predicted molar refractivity (Wildman–Crippen MR) is 101 cm³/mol. The van der Waals surface area contributed by atoms with Gasteiger partial charge in [0.05, 0.1) is 7.11 Å². The van der Waals surface area contributed by atoms with Gasteiger partial charge in [-0.2, -0.15) is 0 Å². The molecule has 0 saturated heterocycles. The van der Waals surface area contributed by atoms with E-state index in [0.717, 1.165) is 19.3 Å². The fourth-order valence-electron chi connectivity index (χ4n) is 3.01. The molecule has 1 amide bonds. The minimum Gasteiger partial charge on any atom is -0.497 e. The maximum Gasteiger partial charge on any atom is 0.344 e. The molecule has 0 unspecified atom stereocenters. The van der Waals surface area contributed by atoms with E-state index in [1.54, 1.807) is 31.4 Å². The van der Waals surface area contributed by atoms with Crippen LogP contribution in [0.25, 0.3) is 0 Å². The number of esters is 1. The van der Waals surface area contributed by atoms with E-state index in [-0.39, 0.29) is 6.61 Å². The smallest absolute Gasteiger partial charge is 0.344 e. The second-order valence-electron chi connectivity index (χ2n) is 6.43. The molecule has 3 rings (SSSR count). The monoisotopic (exact) mass is 369 g/mol. The summed E-state index contributed by atoms with van der Waals surface area (Å²) in [6, 6.07) is 12.8. The lowest BCUT2D eigenvalue weighted by Crippen LogP contribution is -2.31. The molecule has 2 aromatic carbocycles. The van der Waals surface area contributed by atoms with Gasteiger partial charge in [0.1, 0.15) is 11.5 Å². The second-order valence-corrected chi connectivity index (χ2v) is 6.43. The molecule has 1 atom stereocenters. The summed E-state index contributed by atoms with van der Waals surface area (Å²) in [6.45, 7) is 1.28. The molecule has 1 aliphatic rings. The number of aryl methyl sites for hydroxylation is 2. The Hall–Kier alpha value is -3.02. The summed E-state index contributed by atoms with van der Waals surface area (Å²) in [6.07, 6.45) is 2.35. The van der Waals surface area contributed by atoms with Crippen LogP contribution in [0.5, 0.6) is 11.5 Å². The zero-order valence-corrected chi connectivity index (χ0v) is 15.5. The second kappa shape index (κ2) is 8.58. The van der Waals surface area contributed by atoms with Crippen molar-refractivity contribution in [2.45, 2.75) is 32.3 Å². The molecule has 1 N–H and O–H groups in total. The zero-order chi connectivity index (χ0) is 19.2. The SMILES string of the molecule is COc1cccc(NC(=O)[C@@H](C)OC(=O)COc2ccc3c(c2)CCC3)c1. The van der Waals surface area contributed by atoms with Crippen molar-refractivity contribution in [2.75, 3.05) is 19.0 Å². The Balaban J connectivity index is 1.47. The van der Waals surface area contributed by atoms with Gasteiger partial charge in [-0.3, -0.25) is 4.79 Å². The van der Waals surface area contributed by atoms with Crippen LogP contribution < -0.4 is 14.8 Å². The molecule has 0 heterocycles. The Labute approximate surface area is 158 Å². The van der Waals surface area contributed by atoms with Crippen molar-refractivity contribution in [2.24, 2.45) is 0 Å². The van der Waals surface area contributed by atoms with Gasteiger partial charge in [0.15, 0.2) is 12.7 Å². The maximum atomic E-state index is 12.2. The standard InChI is InChI=1S/C21H23NO5/c1-14(21(24)22-17-7-4-8-18(12-17)25-2)27-20(23)13-26-19-10-9-15-5-3-6-16(15)11-19/h4,7-12,14H,3,5-6,13H2,1-2H3,(H,22,24)/t14-/m1/s1. The summed E-state index contributed by atoms with van der Waals surface area (Å²) in [7, 11) is 1.55. The fraction of sp³-hybridized carbons (Fsp3) is 0.333. The van der Waals surface area contributed by atoms with Crippen molar-refractivity contribution in [1.82, 2.24) is 0 Å². The number of ether oxygens (including phenoxy) is 3. The van der Waals surface area contributed by atoms with Crippen LogP contribution in [0.2, 0.25) is 0 Å². The van der Waals surface area contributed by atoms with E-state index in [0.29, 0.717) is 17.2 Å². The lowest BCUT2D eigenvalue weighted by molar-refractivity contribution is -0.155. The van der Waals surface area contributed by atoms with E-state index in [2.05, 4.69) is 5.32 Å². The molecule has 0 aromatic heterocycles. The number of amides is 1. The summed E-state index contributed by atoms with van der Waals surface area (Å²) < 4.78 is 15.8. The summed E-state index contributed by atoms with van der Waals surface area (Å²) in [4.78, 5) is 24.2. The van der Waals surface area contributed by atoms with E-state index in [9.17, 15) is 9.59 Å². The van der Waals surface area contributed by atoms with E-state index in [1.165, 1.54) is 18.1 Å². The Kier molecular flexibility index (Phi) is 5.96. The molecule has 142 valence electrons. The van der Waals surface area contributed by atoms with Gasteiger partial charge in [-0.15, -0.1) is 0 Å². The average Bonchev–Trinajstić information content (AvgIpc) is 3.14. The number of rotatable bonds is 7. The van der Waals surface area contributed by atoms with Crippen LogP contribution in [-0.2, 0) is 27.2 Å². The summed E-state index contributed by atoms with van der Waals surface area (Å²) >= 11 is 0. The number of fused-ring (bicyclic) bond motifs is 1. The molecule has 6 nitrogen and oxygen atoms in total. The third-order valence-corrected chi connectivity index (χ3v) is 4.44. The molecule has 0 aliphatic heterocycles. The fourth-order valence-corrected chi connectivity index (χ4v) is 3.01. The lowest BCUT2D eigenvalue weighted by Gasteiger charge is -2.14. The molecule has 0 radical (unpaired) electrons. The predicted octanol–water partition coefficient (Wildman–Crippen LogP) is 3.13. The Morgan fingerprint density at radius 3 is 2.70 bits per heavy atom. The zero-order valence-electron chi connectivity index (χ0n) is 15.5. The van der Waals surface area contributed by atoms with Crippen LogP contribution in [0.4, 0.5) is 5.69 Å². The van der Waals surface area contributed by atoms with Gasteiger partial charge in [-0.25, -0.2) is 4.79 Å². The van der Waals surface area contributed by atoms with Crippen LogP contribution in [0, 0.1) is 0 Å². The first-order valence-corrected chi connectivity index (χ1v) is 8.94. The number of methoxy groups -OCH3 is 1. The van der Waals surface area contributed by atoms with Crippen LogP contribution >= 0.6 is 0 Å². The third kappa shape index (κ3) is 5.00. The molecular formula is C21H23NO5. The van der Waals surface area contributed by atoms with E-state index >= 15 is 0 Å². The van der Waals surface area contributed by atoms with Crippen molar-refractivity contribution >= 4 is 17.6 Å². The molecule has 1 aliphatic carbocycles. The highest BCUT2D eigenvalue weighted by molar-refractivity contribution is 5.95. The van der Waals surface area contributed by atoms with Crippen molar-refractivity contribution in [3.63, 3.8) is 0 Å². The lowest BCUT2D eigenvalue weighted by atomic mass is 10.1. The Morgan fingerprint density at radius 1 is 1.07 bits per heavy atom. The van der Waals surface area contributed by atoms with E-state index < -0.39 is 18.0 Å². The van der Waals surface area contributed by atoms with Gasteiger partial charge in [0.2, 0.25) is 0 Å². The largest absolute Gasteiger partial charge is 0.497 e. The van der Waals surface area contributed by atoms with Gasteiger partial charge in [-0.05, 0) is 61.6 Å². The molecule has 27 heavy (non-hydrogen) atoms. The summed E-state index contributed by atoms with van der Waals surface area (Å²) in [5, 5.41) is 2.69. The van der Waals surface area contributed by atoms with Gasteiger partial charge in [0.25, 0.3) is 5.91 Å². The van der Waals surface area contributed by atoms with Crippen LogP contribution in [0.15, 0.2) is 42.5 Å². The minimum absolute atomic E-state index is 0.241. The van der Waals surface area contributed by atoms with Crippen molar-refractivity contribution < 1.29 is 23.8 Å². The van der Waals surface area contributed by atoms with Crippen LogP contribution in [-0.4, -0.2) is 31.7 Å². The Morgan fingerprint density at radius 2 is 1.89 bits per heavy atom. The number of carbonyl (C=O) groups is 2. The van der Waals surface area contributed by atoms with Crippen LogP contribution in [0.1, 0.15) is 24.5 Å². The maximum absolute atomic E-state index is 12.2. The van der Waals surface area contributed by atoms with Gasteiger partial charge < -0.3 is 19.5 Å². The van der Waals surface area contributed by atoms with Gasteiger partial charge in [0, 0.05) is 11.8 Å². The number of nitrogens with one attached hydrogen (secondary N) is 1. The van der Waals surface area contributed by atoms with Crippen LogP contribution in [0.3, 0.4) is 0 Å². The number of benzene rings is 2. The third-order valence-electron chi connectivity index (χ3n) is 4.44. The summed E-state index contributed by atoms with van der Waals surface area (Å²) in [5.74, 6) is 0.249. The van der Waals surface area contributed by atoms with Gasteiger partial charge >= 0.3 is 5.97 Å². The van der Waals surface area contributed by atoms with E-state index in [1.807, 2.05) is 18.2 Å². The molecule has 6 heteroatoms. The molecule has 0 fully saturated rings. The Bertz CT molecular complexity index is 833. The van der Waals surface area contributed by atoms with Crippen molar-refractivity contribution in [3.05, 3.63) is 53.6 Å². The summed E-state index contributed by atoms with van der Waals surface area (Å²) in [5.41, 5.74) is 3.18. The first-order chi connectivity index (χ1) is 13.0. The van der Waals surface area contributed by atoms with Gasteiger partial charge in [-0.1, -0.05) is 12.1 Å². The average molecular weight is 369 g/mol. The highest BCUT2D eigenvalue weighted by atomic mass is 16.6. The molecular weight excluding hydrogens is 346 g/mol. The first-order valence-electron chi connectivity index (χ1n) is 8.94. The highest BCUT2D eigenvalue weighted by Crippen LogP contribution is 2.26. The first kappa shape index (κ1) is 18.8. The highest BCUT2D eigenvalue weighted by Gasteiger charge is 2.19. The number of hydrogen-bond donors (Lipinski definition) is 1. The molecule has 0 spiro atoms. The normalized spacial score (nSPS) is 13.4. The minimum atomic E-state index is -0.938.